The van der Waals surface area contributed by atoms with Gasteiger partial charge in [0.2, 0.25) is 0 Å². The van der Waals surface area contributed by atoms with E-state index in [4.69, 9.17) is 0 Å². The molecule has 0 rings (SSSR count). The van der Waals surface area contributed by atoms with Crippen molar-refractivity contribution < 1.29 is 0 Å². The van der Waals surface area contributed by atoms with Gasteiger partial charge < -0.3 is 0 Å². The van der Waals surface area contributed by atoms with Gasteiger partial charge in [0.25, 0.3) is 0 Å². The summed E-state index contributed by atoms with van der Waals surface area (Å²) in [5.41, 5.74) is 0. The molecule has 52 valence electrons. The molecule has 0 amide bonds. The number of hydrogen-bond acceptors (Lipinski definition) is 0. The van der Waals surface area contributed by atoms with Crippen molar-refractivity contribution in [2.45, 2.75) is 26.2 Å². The first-order valence-corrected chi connectivity index (χ1v) is 8.57. The van der Waals surface area contributed by atoms with Crippen LogP contribution in [-0.2, 0) is 0 Å². The molecule has 0 aliphatic heterocycles. The monoisotopic (exact) mass is 152 g/mol. The van der Waals surface area contributed by atoms with E-state index < -0.39 is 0 Å². The summed E-state index contributed by atoms with van der Waals surface area (Å²) in [6, 6.07) is 0. The molecule has 2 heteroatoms. The van der Waals surface area contributed by atoms with Crippen LogP contribution in [0.15, 0.2) is 0 Å². The van der Waals surface area contributed by atoms with Gasteiger partial charge in [0, 0.05) is 0 Å². The quantitative estimate of drug-likeness (QED) is 0.419. The normalized spacial score (nSPS) is 11.8. The van der Waals surface area contributed by atoms with E-state index in [1.807, 2.05) is 0 Å². The molecule has 0 radical (unpaired) electrons. The molecule has 0 bridgehead atoms. The third-order valence-corrected chi connectivity index (χ3v) is 4.97. The van der Waals surface area contributed by atoms with Gasteiger partial charge in [-0.05, 0) is 0 Å². The molecule has 0 aromatic heterocycles. The molecule has 0 aliphatic rings. The number of unbranched alkanes of at least 4 members (excludes halogenated alkanes) is 2. The summed E-state index contributed by atoms with van der Waals surface area (Å²) in [6.07, 6.45) is 5.88. The summed E-state index contributed by atoms with van der Waals surface area (Å²) in [6.45, 7) is 4.68. The molecule has 0 aromatic rings. The SMILES string of the molecule is CCCCCP[PH3]C. The molecular weight excluding hydrogens is 134 g/mol. The molecule has 1 unspecified atom stereocenters. The van der Waals surface area contributed by atoms with Gasteiger partial charge in [-0.1, -0.05) is 0 Å². The molecule has 1 atom stereocenters. The zero-order chi connectivity index (χ0) is 6.24. The molecule has 0 fully saturated rings. The van der Waals surface area contributed by atoms with Crippen LogP contribution in [-0.4, -0.2) is 12.8 Å². The number of hydrogen-bond donors (Lipinski definition) is 0. The molecule has 0 saturated carbocycles. The van der Waals surface area contributed by atoms with E-state index in [1.165, 1.54) is 33.7 Å². The van der Waals surface area contributed by atoms with E-state index >= 15 is 0 Å². The molecule has 0 aliphatic carbocycles. The Morgan fingerprint density at radius 3 is 2.62 bits per heavy atom. The summed E-state index contributed by atoms with van der Waals surface area (Å²) < 4.78 is 0. The summed E-state index contributed by atoms with van der Waals surface area (Å²) in [4.78, 5) is 0. The van der Waals surface area contributed by atoms with E-state index in [0.29, 0.717) is 8.27 Å². The standard InChI is InChI=1S/C6H18P2/c1-3-4-5-6-8-7-2/h8H,3-6H2,1-2,7H3. The summed E-state index contributed by atoms with van der Waals surface area (Å²) in [5.74, 6) is 0. The van der Waals surface area contributed by atoms with Crippen molar-refractivity contribution in [2.75, 3.05) is 12.8 Å². The van der Waals surface area contributed by atoms with Crippen molar-refractivity contribution in [1.82, 2.24) is 0 Å². The van der Waals surface area contributed by atoms with Crippen LogP contribution in [0.3, 0.4) is 0 Å². The zero-order valence-corrected chi connectivity index (χ0v) is 8.45. The van der Waals surface area contributed by atoms with Gasteiger partial charge in [0.05, 0.1) is 0 Å². The van der Waals surface area contributed by atoms with Crippen LogP contribution in [0.5, 0.6) is 0 Å². The fourth-order valence-electron chi connectivity index (χ4n) is 0.677. The first kappa shape index (κ1) is 8.86. The number of rotatable bonds is 5. The van der Waals surface area contributed by atoms with E-state index in [-0.39, 0.29) is 0 Å². The molecule has 0 N–H and O–H groups in total. The van der Waals surface area contributed by atoms with Crippen molar-refractivity contribution in [1.29, 1.82) is 0 Å². The Morgan fingerprint density at radius 2 is 2.12 bits per heavy atom. The zero-order valence-electron chi connectivity index (χ0n) is 6.04. The molecule has 8 heavy (non-hydrogen) atoms. The second-order valence-corrected chi connectivity index (χ2v) is 7.39. The van der Waals surface area contributed by atoms with Gasteiger partial charge in [-0.3, -0.25) is 0 Å². The maximum atomic E-state index is 2.41. The average molecular weight is 152 g/mol. The molecule has 0 heterocycles. The van der Waals surface area contributed by atoms with E-state index in [2.05, 4.69) is 13.6 Å². The van der Waals surface area contributed by atoms with Gasteiger partial charge >= 0.3 is 55.6 Å². The Balaban J connectivity index is 2.53. The van der Waals surface area contributed by atoms with Gasteiger partial charge in [0.15, 0.2) is 0 Å². The van der Waals surface area contributed by atoms with Crippen LogP contribution in [0.25, 0.3) is 0 Å². The fourth-order valence-corrected chi connectivity index (χ4v) is 3.34. The van der Waals surface area contributed by atoms with Gasteiger partial charge in [0.1, 0.15) is 0 Å². The van der Waals surface area contributed by atoms with Crippen LogP contribution < -0.4 is 0 Å². The predicted molar refractivity (Wildman–Crippen MR) is 49.7 cm³/mol. The van der Waals surface area contributed by atoms with Gasteiger partial charge in [-0.25, -0.2) is 0 Å². The fraction of sp³-hybridized carbons (Fsp3) is 1.00. The van der Waals surface area contributed by atoms with Crippen molar-refractivity contribution in [3.63, 3.8) is 0 Å². The first-order valence-electron chi connectivity index (χ1n) is 3.62. The van der Waals surface area contributed by atoms with Gasteiger partial charge in [-0.2, -0.15) is 0 Å². The molecule has 0 saturated heterocycles. The topological polar surface area (TPSA) is 0 Å². The Hall–Kier alpha value is 0.860. The van der Waals surface area contributed by atoms with Crippen molar-refractivity contribution >= 4 is 16.5 Å². The maximum absolute atomic E-state index is 2.41. The van der Waals surface area contributed by atoms with Crippen LogP contribution >= 0.6 is 16.5 Å². The first-order chi connectivity index (χ1) is 3.91. The summed E-state index contributed by atoms with van der Waals surface area (Å²) in [7, 11) is 1.78. The van der Waals surface area contributed by atoms with E-state index in [0.717, 1.165) is 0 Å². The molecule has 0 spiro atoms. The van der Waals surface area contributed by atoms with Crippen molar-refractivity contribution in [3.8, 4) is 0 Å². The van der Waals surface area contributed by atoms with Crippen molar-refractivity contribution in [3.05, 3.63) is 0 Å². The second kappa shape index (κ2) is 7.86. The second-order valence-electron chi connectivity index (χ2n) is 2.06. The Morgan fingerprint density at radius 1 is 1.38 bits per heavy atom. The third-order valence-electron chi connectivity index (χ3n) is 1.21. The average Bonchev–Trinajstić information content (AvgIpc) is 1.81. The minimum absolute atomic E-state index is 0.414. The van der Waals surface area contributed by atoms with Gasteiger partial charge in [-0.15, -0.1) is 0 Å². The van der Waals surface area contributed by atoms with Crippen LogP contribution in [0.1, 0.15) is 26.2 Å². The van der Waals surface area contributed by atoms with Crippen LogP contribution in [0.2, 0.25) is 0 Å². The summed E-state index contributed by atoms with van der Waals surface area (Å²) in [5, 5.41) is 0. The summed E-state index contributed by atoms with van der Waals surface area (Å²) >= 11 is 0. The van der Waals surface area contributed by atoms with Crippen molar-refractivity contribution in [2.24, 2.45) is 0 Å². The van der Waals surface area contributed by atoms with E-state index in [9.17, 15) is 0 Å². The Bertz CT molecular complexity index is 31.5. The van der Waals surface area contributed by atoms with Crippen LogP contribution in [0, 0.1) is 0 Å². The molecule has 0 nitrogen and oxygen atoms in total. The third kappa shape index (κ3) is 6.86. The van der Waals surface area contributed by atoms with E-state index in [1.54, 1.807) is 0 Å². The minimum atomic E-state index is 0.414. The van der Waals surface area contributed by atoms with Crippen LogP contribution in [0.4, 0.5) is 0 Å². The Labute approximate surface area is 56.3 Å². The predicted octanol–water partition coefficient (Wildman–Crippen LogP) is 2.54. The Kier molecular flexibility index (Phi) is 8.70. The molecule has 0 aromatic carbocycles. The molecular formula is C6H18P2.